The Morgan fingerprint density at radius 1 is 1.23 bits per heavy atom. The lowest BCUT2D eigenvalue weighted by atomic mass is 10.1. The molecule has 1 aliphatic rings. The van der Waals surface area contributed by atoms with Crippen LogP contribution < -0.4 is 20.7 Å². The fraction of sp³-hybridized carbons (Fsp3) is 0.136. The molecule has 30 heavy (non-hydrogen) atoms. The highest BCUT2D eigenvalue weighted by Crippen LogP contribution is 2.36. The molecule has 2 aromatic carbocycles. The van der Waals surface area contributed by atoms with Crippen molar-refractivity contribution in [2.75, 3.05) is 12.0 Å². The molecule has 2 unspecified atom stereocenters. The van der Waals surface area contributed by atoms with Gasteiger partial charge in [-0.2, -0.15) is 10.3 Å². The molecule has 2 atom stereocenters. The molecular formula is C22H19N5O3. The predicted octanol–water partition coefficient (Wildman–Crippen LogP) is 3.18. The Balaban J connectivity index is 1.70. The van der Waals surface area contributed by atoms with Crippen molar-refractivity contribution in [3.63, 3.8) is 0 Å². The van der Waals surface area contributed by atoms with Crippen LogP contribution in [0.2, 0.25) is 0 Å². The molecule has 1 aliphatic heterocycles. The van der Waals surface area contributed by atoms with Crippen molar-refractivity contribution in [1.29, 1.82) is 5.26 Å². The van der Waals surface area contributed by atoms with Crippen molar-refractivity contribution in [1.82, 2.24) is 5.32 Å². The highest BCUT2D eigenvalue weighted by Gasteiger charge is 2.35. The van der Waals surface area contributed by atoms with Gasteiger partial charge in [-0.25, -0.2) is 0 Å². The van der Waals surface area contributed by atoms with Crippen LogP contribution in [-0.4, -0.2) is 18.9 Å². The van der Waals surface area contributed by atoms with E-state index in [1.165, 1.54) is 6.26 Å². The van der Waals surface area contributed by atoms with Gasteiger partial charge in [-0.1, -0.05) is 30.3 Å². The molecule has 2 heterocycles. The Kier molecular flexibility index (Phi) is 5.20. The average Bonchev–Trinajstić information content (AvgIpc) is 3.27. The van der Waals surface area contributed by atoms with Gasteiger partial charge in [-0.3, -0.25) is 4.79 Å². The van der Waals surface area contributed by atoms with Crippen molar-refractivity contribution in [3.8, 4) is 11.8 Å². The molecule has 0 spiro atoms. The number of anilines is 1. The van der Waals surface area contributed by atoms with Gasteiger partial charge in [0.25, 0.3) is 5.91 Å². The van der Waals surface area contributed by atoms with Crippen LogP contribution >= 0.6 is 0 Å². The monoisotopic (exact) mass is 401 g/mol. The number of carbonyl (C=O) groups excluding carboxylic acids is 1. The fourth-order valence-electron chi connectivity index (χ4n) is 3.27. The Bertz CT molecular complexity index is 1120. The van der Waals surface area contributed by atoms with Gasteiger partial charge in [0, 0.05) is 5.69 Å². The van der Waals surface area contributed by atoms with Crippen molar-refractivity contribution in [3.05, 3.63) is 78.1 Å². The van der Waals surface area contributed by atoms with E-state index in [9.17, 15) is 10.1 Å². The summed E-state index contributed by atoms with van der Waals surface area (Å²) in [7, 11) is 1.57. The number of ether oxygens (including phenoxy) is 1. The number of nitrogens with zero attached hydrogens (tertiary/aromatic N) is 3. The number of hydrogen-bond acceptors (Lipinski definition) is 7. The summed E-state index contributed by atoms with van der Waals surface area (Å²) in [5.74, 6) is 0.431. The van der Waals surface area contributed by atoms with Crippen LogP contribution in [0.1, 0.15) is 23.3 Å². The first kappa shape index (κ1) is 19.2. The molecule has 150 valence electrons. The minimum atomic E-state index is -0.840. The Morgan fingerprint density at radius 2 is 1.97 bits per heavy atom. The average molecular weight is 401 g/mol. The van der Waals surface area contributed by atoms with Gasteiger partial charge in [0.1, 0.15) is 18.0 Å². The van der Waals surface area contributed by atoms with Gasteiger partial charge in [0.2, 0.25) is 11.7 Å². The number of carbonyl (C=O) groups is 1. The normalized spacial score (nSPS) is 16.1. The van der Waals surface area contributed by atoms with E-state index in [0.717, 1.165) is 0 Å². The third-order valence-electron chi connectivity index (χ3n) is 4.80. The summed E-state index contributed by atoms with van der Waals surface area (Å²) >= 11 is 0. The number of fused-ring (bicyclic) bond motifs is 1. The smallest absolute Gasteiger partial charge is 0.288 e. The van der Waals surface area contributed by atoms with Crippen LogP contribution in [0.3, 0.4) is 0 Å². The van der Waals surface area contributed by atoms with Crippen LogP contribution in [0.25, 0.3) is 0 Å². The Morgan fingerprint density at radius 3 is 2.63 bits per heavy atom. The van der Waals surface area contributed by atoms with Gasteiger partial charge < -0.3 is 25.1 Å². The van der Waals surface area contributed by atoms with Crippen molar-refractivity contribution < 1.29 is 13.9 Å². The molecule has 4 rings (SSSR count). The minimum Gasteiger partial charge on any atom is -0.497 e. The standard InChI is InChI=1S/C22H19N5O3/c1-29-16-9-7-15(8-10-16)27-19(24)17-11-12-30-22(17)26-20(27)21(28)25-18(13-23)14-5-3-2-4-6-14/h2-12,18-19H,24H2,1H3,(H,25,28). The second-order valence-corrected chi connectivity index (χ2v) is 6.58. The molecule has 1 aromatic heterocycles. The first-order chi connectivity index (χ1) is 14.6. The number of amidine groups is 1. The lowest BCUT2D eigenvalue weighted by molar-refractivity contribution is -0.115. The Hall–Kier alpha value is -4.09. The van der Waals surface area contributed by atoms with Gasteiger partial charge in [-0.15, -0.1) is 0 Å². The van der Waals surface area contributed by atoms with E-state index in [0.29, 0.717) is 22.6 Å². The van der Waals surface area contributed by atoms with Crippen LogP contribution in [0, 0.1) is 11.3 Å². The number of methoxy groups -OCH3 is 1. The number of aliphatic imine (C=N–C) groups is 1. The summed E-state index contributed by atoms with van der Waals surface area (Å²) in [5.41, 5.74) is 8.42. The number of nitrogens with one attached hydrogen (secondary N) is 1. The van der Waals surface area contributed by atoms with Crippen molar-refractivity contribution in [2.24, 2.45) is 10.7 Å². The molecule has 0 aliphatic carbocycles. The number of furan rings is 1. The number of nitrogens with two attached hydrogens (primary N) is 1. The van der Waals surface area contributed by atoms with Gasteiger partial charge in [0.05, 0.1) is 25.0 Å². The maximum atomic E-state index is 13.2. The molecule has 0 radical (unpaired) electrons. The highest BCUT2D eigenvalue weighted by atomic mass is 16.5. The fourth-order valence-corrected chi connectivity index (χ4v) is 3.27. The van der Waals surface area contributed by atoms with E-state index in [1.807, 2.05) is 6.07 Å². The third-order valence-corrected chi connectivity index (χ3v) is 4.80. The second kappa shape index (κ2) is 8.11. The predicted molar refractivity (Wildman–Crippen MR) is 111 cm³/mol. The summed E-state index contributed by atoms with van der Waals surface area (Å²) in [6, 6.07) is 19.1. The number of amides is 1. The zero-order valence-electron chi connectivity index (χ0n) is 16.1. The van der Waals surface area contributed by atoms with E-state index in [2.05, 4.69) is 16.4 Å². The van der Waals surface area contributed by atoms with E-state index < -0.39 is 18.1 Å². The number of hydrogen-bond donors (Lipinski definition) is 2. The first-order valence-corrected chi connectivity index (χ1v) is 9.22. The molecule has 3 N–H and O–H groups in total. The maximum Gasteiger partial charge on any atom is 0.288 e. The quantitative estimate of drug-likeness (QED) is 0.678. The molecule has 8 nitrogen and oxygen atoms in total. The minimum absolute atomic E-state index is 0.0336. The summed E-state index contributed by atoms with van der Waals surface area (Å²) in [5, 5.41) is 12.3. The second-order valence-electron chi connectivity index (χ2n) is 6.58. The molecular weight excluding hydrogens is 382 g/mol. The van der Waals surface area contributed by atoms with Gasteiger partial charge in [-0.05, 0) is 35.9 Å². The SMILES string of the molecule is COc1ccc(N2C(C(=O)NC(C#N)c3ccccc3)=Nc3occc3C2N)cc1. The van der Waals surface area contributed by atoms with Crippen molar-refractivity contribution in [2.45, 2.75) is 12.2 Å². The summed E-state index contributed by atoms with van der Waals surface area (Å²) in [4.78, 5) is 19.2. The largest absolute Gasteiger partial charge is 0.497 e. The number of rotatable bonds is 5. The van der Waals surface area contributed by atoms with E-state index in [-0.39, 0.29) is 11.7 Å². The van der Waals surface area contributed by atoms with Crippen LogP contribution in [0.4, 0.5) is 11.6 Å². The molecule has 1 amide bonds. The highest BCUT2D eigenvalue weighted by molar-refractivity contribution is 6.44. The summed E-state index contributed by atoms with van der Waals surface area (Å²) < 4.78 is 10.6. The maximum absolute atomic E-state index is 13.2. The summed E-state index contributed by atoms with van der Waals surface area (Å²) in [6.07, 6.45) is 0.783. The zero-order chi connectivity index (χ0) is 21.1. The van der Waals surface area contributed by atoms with E-state index >= 15 is 0 Å². The van der Waals surface area contributed by atoms with E-state index in [4.69, 9.17) is 14.9 Å². The van der Waals surface area contributed by atoms with E-state index in [1.54, 1.807) is 66.6 Å². The first-order valence-electron chi connectivity index (χ1n) is 9.22. The molecule has 8 heteroatoms. The molecule has 0 saturated heterocycles. The topological polar surface area (TPSA) is 117 Å². The summed E-state index contributed by atoms with van der Waals surface area (Å²) in [6.45, 7) is 0. The van der Waals surface area contributed by atoms with Crippen LogP contribution in [0.15, 0.2) is 76.3 Å². The third kappa shape index (κ3) is 3.50. The van der Waals surface area contributed by atoms with Crippen LogP contribution in [-0.2, 0) is 4.79 Å². The molecule has 3 aromatic rings. The lowest BCUT2D eigenvalue weighted by Crippen LogP contribution is -2.49. The lowest BCUT2D eigenvalue weighted by Gasteiger charge is -2.33. The molecule has 0 bridgehead atoms. The number of nitriles is 1. The molecule has 0 saturated carbocycles. The number of benzene rings is 2. The zero-order valence-corrected chi connectivity index (χ0v) is 16.1. The molecule has 0 fully saturated rings. The Labute approximate surface area is 173 Å². The van der Waals surface area contributed by atoms with Gasteiger partial charge >= 0.3 is 0 Å². The van der Waals surface area contributed by atoms with Gasteiger partial charge in [0.15, 0.2) is 0 Å². The van der Waals surface area contributed by atoms with Crippen molar-refractivity contribution >= 4 is 23.3 Å². The van der Waals surface area contributed by atoms with Crippen LogP contribution in [0.5, 0.6) is 5.75 Å².